The van der Waals surface area contributed by atoms with Crippen molar-refractivity contribution in [1.29, 1.82) is 0 Å². The summed E-state index contributed by atoms with van der Waals surface area (Å²) < 4.78 is 0. The van der Waals surface area contributed by atoms with E-state index in [1.165, 1.54) is 19.4 Å². The summed E-state index contributed by atoms with van der Waals surface area (Å²) in [6.45, 7) is 1.49. The second-order valence-electron chi connectivity index (χ2n) is 10.7. The molecule has 5 rings (SSSR count). The zero-order valence-electron chi connectivity index (χ0n) is 24.0. The summed E-state index contributed by atoms with van der Waals surface area (Å²) in [5, 5.41) is 19.5. The minimum Gasteiger partial charge on any atom is -0.480 e. The average molecular weight is 599 g/mol. The number of nitrogens with one attached hydrogen (secondary N) is 6. The van der Waals surface area contributed by atoms with Crippen molar-refractivity contribution in [3.8, 4) is 0 Å². The topological polar surface area (TPSA) is 211 Å². The van der Waals surface area contributed by atoms with Gasteiger partial charge in [0.05, 0.1) is 12.4 Å². The quantitative estimate of drug-likeness (QED) is 0.0994. The van der Waals surface area contributed by atoms with Gasteiger partial charge in [0.1, 0.15) is 18.1 Å². The summed E-state index contributed by atoms with van der Waals surface area (Å²) in [7, 11) is 0. The fourth-order valence-electron chi connectivity index (χ4n) is 5.13. The van der Waals surface area contributed by atoms with Crippen LogP contribution in [-0.2, 0) is 38.4 Å². The van der Waals surface area contributed by atoms with Crippen LogP contribution in [0, 0.1) is 0 Å². The molecule has 13 nitrogen and oxygen atoms in total. The summed E-state index contributed by atoms with van der Waals surface area (Å²) in [5.41, 5.74) is 10.1. The van der Waals surface area contributed by atoms with Crippen molar-refractivity contribution >= 4 is 45.5 Å². The molecule has 0 fully saturated rings. The normalized spacial score (nSPS) is 14.0. The van der Waals surface area contributed by atoms with Gasteiger partial charge in [-0.05, 0) is 36.6 Å². The first-order valence-electron chi connectivity index (χ1n) is 14.2. The number of aromatic amines is 3. The Hall–Kier alpha value is -5.43. The number of hydrogen-bond donors (Lipinski definition) is 8. The number of carbonyl (C=O) groups is 4. The van der Waals surface area contributed by atoms with E-state index in [0.29, 0.717) is 5.69 Å². The van der Waals surface area contributed by atoms with Gasteiger partial charge in [-0.15, -0.1) is 0 Å². The molecular weight excluding hydrogens is 564 g/mol. The number of aliphatic carboxylic acids is 1. The van der Waals surface area contributed by atoms with E-state index in [-0.39, 0.29) is 19.3 Å². The number of rotatable bonds is 13. The van der Waals surface area contributed by atoms with Gasteiger partial charge in [-0.25, -0.2) is 9.78 Å². The fourth-order valence-corrected chi connectivity index (χ4v) is 5.13. The molecule has 0 aliphatic rings. The smallest absolute Gasteiger partial charge is 0.326 e. The minimum absolute atomic E-state index is 0.0321. The Kier molecular flexibility index (Phi) is 9.05. The summed E-state index contributed by atoms with van der Waals surface area (Å²) in [6.07, 6.45) is 6.72. The first-order valence-corrected chi connectivity index (χ1v) is 14.2. The third kappa shape index (κ3) is 6.95. The van der Waals surface area contributed by atoms with Gasteiger partial charge in [0, 0.05) is 58.9 Å². The Labute approximate surface area is 252 Å². The Morgan fingerprint density at radius 2 is 1.36 bits per heavy atom. The molecule has 0 radical (unpaired) electrons. The summed E-state index contributed by atoms with van der Waals surface area (Å²) in [4.78, 5) is 64.7. The van der Waals surface area contributed by atoms with E-state index in [1.807, 2.05) is 48.5 Å². The lowest BCUT2D eigenvalue weighted by Crippen LogP contribution is -2.57. The lowest BCUT2D eigenvalue weighted by molar-refractivity contribution is -0.142. The SMILES string of the molecule is CC(NC(=O)C(N)Cc1c[nH]c2ccccc12)C(=O)NC(Cc1c[nH]c2ccccc12)C(=O)NC(Cc1cnc[nH]1)C(=O)O. The first-order chi connectivity index (χ1) is 21.2. The standard InChI is InChI=1S/C31H34N8O5/c1-17(37-29(41)23(32)10-18-13-34-24-8-4-2-6-21(18)24)28(40)38-26(11-19-14-35-25-9-5-3-7-22(19)25)30(42)39-27(31(43)44)12-20-15-33-16-36-20/h2-9,13-17,23,26-27,34-35H,10-12,32H2,1H3,(H,33,36)(H,37,41)(H,38,40)(H,39,42)(H,43,44). The number of amides is 3. The van der Waals surface area contributed by atoms with Gasteiger partial charge in [0.2, 0.25) is 17.7 Å². The second-order valence-corrected chi connectivity index (χ2v) is 10.7. The summed E-state index contributed by atoms with van der Waals surface area (Å²) >= 11 is 0. The molecule has 0 saturated carbocycles. The highest BCUT2D eigenvalue weighted by atomic mass is 16.4. The van der Waals surface area contributed by atoms with E-state index < -0.39 is 47.9 Å². The molecule has 5 aromatic rings. The number of para-hydroxylation sites is 2. The summed E-state index contributed by atoms with van der Waals surface area (Å²) in [5.74, 6) is -3.08. The van der Waals surface area contributed by atoms with Crippen LogP contribution in [0.25, 0.3) is 21.8 Å². The highest BCUT2D eigenvalue weighted by Gasteiger charge is 2.30. The molecule has 0 aliphatic carbocycles. The summed E-state index contributed by atoms with van der Waals surface area (Å²) in [6, 6.07) is 10.8. The van der Waals surface area contributed by atoms with Crippen molar-refractivity contribution in [2.75, 3.05) is 0 Å². The van der Waals surface area contributed by atoms with Crippen molar-refractivity contribution < 1.29 is 24.3 Å². The number of imidazole rings is 1. The average Bonchev–Trinajstić information content (AvgIpc) is 3.77. The third-order valence-electron chi connectivity index (χ3n) is 7.53. The highest BCUT2D eigenvalue weighted by Crippen LogP contribution is 2.20. The predicted molar refractivity (Wildman–Crippen MR) is 163 cm³/mol. The van der Waals surface area contributed by atoms with Crippen LogP contribution < -0.4 is 21.7 Å². The van der Waals surface area contributed by atoms with Crippen molar-refractivity contribution in [1.82, 2.24) is 35.9 Å². The van der Waals surface area contributed by atoms with Gasteiger partial charge in [-0.2, -0.15) is 0 Å². The maximum Gasteiger partial charge on any atom is 0.326 e. The number of benzene rings is 2. The zero-order valence-corrected chi connectivity index (χ0v) is 24.0. The zero-order chi connectivity index (χ0) is 31.2. The number of H-pyrrole nitrogens is 3. The molecule has 228 valence electrons. The van der Waals surface area contributed by atoms with Crippen LogP contribution in [0.2, 0.25) is 0 Å². The van der Waals surface area contributed by atoms with E-state index in [0.717, 1.165) is 32.9 Å². The molecular formula is C31H34N8O5. The lowest BCUT2D eigenvalue weighted by Gasteiger charge is -2.24. The molecule has 9 N–H and O–H groups in total. The Morgan fingerprint density at radius 3 is 1.95 bits per heavy atom. The molecule has 0 saturated heterocycles. The number of carbonyl (C=O) groups excluding carboxylic acids is 3. The van der Waals surface area contributed by atoms with Crippen molar-refractivity contribution in [2.24, 2.45) is 5.73 Å². The monoisotopic (exact) mass is 598 g/mol. The molecule has 3 heterocycles. The number of carboxylic acid groups (broad SMARTS) is 1. The molecule has 3 aromatic heterocycles. The lowest BCUT2D eigenvalue weighted by atomic mass is 10.0. The van der Waals surface area contributed by atoms with Crippen LogP contribution >= 0.6 is 0 Å². The van der Waals surface area contributed by atoms with Gasteiger partial charge < -0.3 is 41.7 Å². The number of fused-ring (bicyclic) bond motifs is 2. The molecule has 4 atom stereocenters. The number of carboxylic acids is 1. The predicted octanol–water partition coefficient (Wildman–Crippen LogP) is 1.29. The molecule has 2 aromatic carbocycles. The van der Waals surface area contributed by atoms with Crippen LogP contribution in [0.4, 0.5) is 0 Å². The Morgan fingerprint density at radius 1 is 0.773 bits per heavy atom. The Balaban J connectivity index is 1.27. The van der Waals surface area contributed by atoms with E-state index in [9.17, 15) is 24.3 Å². The van der Waals surface area contributed by atoms with Gasteiger partial charge >= 0.3 is 5.97 Å². The minimum atomic E-state index is -1.27. The second kappa shape index (κ2) is 13.3. The molecule has 3 amide bonds. The van der Waals surface area contributed by atoms with Crippen LogP contribution in [0.15, 0.2) is 73.4 Å². The maximum atomic E-state index is 13.5. The molecule has 0 bridgehead atoms. The Bertz CT molecular complexity index is 1780. The van der Waals surface area contributed by atoms with Gasteiger partial charge in [-0.1, -0.05) is 36.4 Å². The van der Waals surface area contributed by atoms with Crippen molar-refractivity contribution in [3.05, 3.63) is 90.3 Å². The van der Waals surface area contributed by atoms with Gasteiger partial charge in [0.15, 0.2) is 0 Å². The number of hydrogen-bond acceptors (Lipinski definition) is 6. The van der Waals surface area contributed by atoms with Crippen LogP contribution in [0.3, 0.4) is 0 Å². The molecule has 44 heavy (non-hydrogen) atoms. The largest absolute Gasteiger partial charge is 0.480 e. The number of aromatic nitrogens is 4. The van der Waals surface area contributed by atoms with Crippen molar-refractivity contribution in [2.45, 2.75) is 50.4 Å². The fraction of sp³-hybridized carbons (Fsp3) is 0.258. The number of nitrogens with two attached hydrogens (primary N) is 1. The van der Waals surface area contributed by atoms with E-state index in [2.05, 4.69) is 35.9 Å². The molecule has 13 heteroatoms. The van der Waals surface area contributed by atoms with Gasteiger partial charge in [-0.3, -0.25) is 14.4 Å². The maximum absolute atomic E-state index is 13.5. The molecule has 4 unspecified atom stereocenters. The number of nitrogens with zero attached hydrogens (tertiary/aromatic N) is 1. The molecule has 0 spiro atoms. The van der Waals surface area contributed by atoms with Crippen LogP contribution in [-0.4, -0.2) is 72.9 Å². The molecule has 0 aliphatic heterocycles. The van der Waals surface area contributed by atoms with Crippen molar-refractivity contribution in [3.63, 3.8) is 0 Å². The van der Waals surface area contributed by atoms with Gasteiger partial charge in [0.25, 0.3) is 0 Å². The highest BCUT2D eigenvalue weighted by molar-refractivity contribution is 5.95. The van der Waals surface area contributed by atoms with E-state index in [1.54, 1.807) is 12.4 Å². The third-order valence-corrected chi connectivity index (χ3v) is 7.53. The van der Waals surface area contributed by atoms with E-state index >= 15 is 0 Å². The first kappa shape index (κ1) is 30.0. The van der Waals surface area contributed by atoms with E-state index in [4.69, 9.17) is 5.73 Å². The van der Waals surface area contributed by atoms with Crippen LogP contribution in [0.1, 0.15) is 23.7 Å². The van der Waals surface area contributed by atoms with Crippen LogP contribution in [0.5, 0.6) is 0 Å².